The quantitative estimate of drug-likeness (QED) is 0.477. The number of nitrogens with one attached hydrogen (secondary N) is 2. The molecule has 0 aliphatic heterocycles. The van der Waals surface area contributed by atoms with Crippen molar-refractivity contribution in [3.05, 3.63) is 11.8 Å². The average molecular weight is 322 g/mol. The van der Waals surface area contributed by atoms with Crippen LogP contribution in [0.1, 0.15) is 25.8 Å². The van der Waals surface area contributed by atoms with Gasteiger partial charge in [0.05, 0.1) is 11.9 Å². The summed E-state index contributed by atoms with van der Waals surface area (Å²) in [4.78, 5) is 31.2. The fraction of sp³-hybridized carbons (Fsp3) is 0.462. The second-order valence-corrected chi connectivity index (χ2v) is 5.37. The molecule has 0 spiro atoms. The van der Waals surface area contributed by atoms with Crippen molar-refractivity contribution in [2.45, 2.75) is 31.5 Å². The summed E-state index contributed by atoms with van der Waals surface area (Å²) in [6.45, 7) is 4.14. The molecule has 0 aliphatic carbocycles. The van der Waals surface area contributed by atoms with Crippen LogP contribution < -0.4 is 16.4 Å². The van der Waals surface area contributed by atoms with Gasteiger partial charge >= 0.3 is 0 Å². The molecule has 8 nitrogen and oxygen atoms in total. The molecule has 0 aromatic carbocycles. The number of nitriles is 1. The van der Waals surface area contributed by atoms with E-state index in [1.807, 2.05) is 13.0 Å². The first-order valence-corrected chi connectivity index (χ1v) is 7.69. The van der Waals surface area contributed by atoms with Crippen molar-refractivity contribution >= 4 is 29.4 Å². The van der Waals surface area contributed by atoms with Gasteiger partial charge in [0, 0.05) is 6.54 Å². The van der Waals surface area contributed by atoms with Crippen LogP contribution in [0.15, 0.2) is 11.4 Å². The third-order valence-electron chi connectivity index (χ3n) is 2.57. The van der Waals surface area contributed by atoms with Crippen molar-refractivity contribution in [1.29, 1.82) is 5.26 Å². The Morgan fingerprint density at radius 3 is 2.86 bits per heavy atom. The fourth-order valence-corrected chi connectivity index (χ4v) is 2.05. The number of carbonyl (C=O) groups is 2. The molecule has 118 valence electrons. The predicted molar refractivity (Wildman–Crippen MR) is 82.8 cm³/mol. The largest absolute Gasteiger partial charge is 0.382 e. The normalized spacial score (nSPS) is 11.3. The zero-order valence-corrected chi connectivity index (χ0v) is 13.2. The van der Waals surface area contributed by atoms with Gasteiger partial charge in [0.25, 0.3) is 0 Å². The molecule has 1 heterocycles. The van der Waals surface area contributed by atoms with Crippen LogP contribution in [0.25, 0.3) is 0 Å². The van der Waals surface area contributed by atoms with E-state index in [0.29, 0.717) is 11.7 Å². The van der Waals surface area contributed by atoms with E-state index in [-0.39, 0.29) is 28.9 Å². The second kappa shape index (κ2) is 8.84. The molecule has 2 amide bonds. The third-order valence-corrected chi connectivity index (χ3v) is 3.43. The van der Waals surface area contributed by atoms with Gasteiger partial charge in [-0.05, 0) is 13.3 Å². The van der Waals surface area contributed by atoms with E-state index in [1.54, 1.807) is 6.92 Å². The number of amides is 2. The highest BCUT2D eigenvalue weighted by molar-refractivity contribution is 7.99. The Morgan fingerprint density at radius 1 is 1.55 bits per heavy atom. The minimum atomic E-state index is -0.605. The van der Waals surface area contributed by atoms with Crippen LogP contribution >= 0.6 is 11.8 Å². The van der Waals surface area contributed by atoms with Crippen molar-refractivity contribution in [1.82, 2.24) is 20.6 Å². The number of nitrogens with zero attached hydrogens (tertiary/aromatic N) is 3. The van der Waals surface area contributed by atoms with E-state index >= 15 is 0 Å². The number of aromatic nitrogens is 2. The van der Waals surface area contributed by atoms with E-state index in [0.717, 1.165) is 18.2 Å². The molecule has 9 heteroatoms. The van der Waals surface area contributed by atoms with Gasteiger partial charge in [-0.2, -0.15) is 5.26 Å². The minimum absolute atomic E-state index is 0.0523. The Kier molecular flexibility index (Phi) is 7.12. The van der Waals surface area contributed by atoms with Gasteiger partial charge in [0.15, 0.2) is 5.16 Å². The Morgan fingerprint density at radius 2 is 2.27 bits per heavy atom. The van der Waals surface area contributed by atoms with E-state index in [2.05, 4.69) is 20.6 Å². The van der Waals surface area contributed by atoms with Gasteiger partial charge < -0.3 is 16.4 Å². The summed E-state index contributed by atoms with van der Waals surface area (Å²) in [5.41, 5.74) is 5.75. The maximum absolute atomic E-state index is 11.8. The summed E-state index contributed by atoms with van der Waals surface area (Å²) in [6, 6.07) is 1.25. The lowest BCUT2D eigenvalue weighted by Gasteiger charge is -2.13. The summed E-state index contributed by atoms with van der Waals surface area (Å²) in [7, 11) is 0. The topological polar surface area (TPSA) is 134 Å². The van der Waals surface area contributed by atoms with Crippen LogP contribution in [0.3, 0.4) is 0 Å². The summed E-state index contributed by atoms with van der Waals surface area (Å²) >= 11 is 1.08. The minimum Gasteiger partial charge on any atom is -0.382 e. The van der Waals surface area contributed by atoms with Crippen molar-refractivity contribution < 1.29 is 9.59 Å². The Labute approximate surface area is 132 Å². The first kappa shape index (κ1) is 17.7. The Balaban J connectivity index is 2.44. The molecular weight excluding hydrogens is 304 g/mol. The van der Waals surface area contributed by atoms with Crippen molar-refractivity contribution in [2.24, 2.45) is 0 Å². The van der Waals surface area contributed by atoms with Crippen molar-refractivity contribution in [2.75, 3.05) is 18.0 Å². The molecule has 0 saturated heterocycles. The number of hydrogen-bond acceptors (Lipinski definition) is 7. The maximum Gasteiger partial charge on any atom is 0.242 e. The molecule has 0 unspecified atom stereocenters. The zero-order valence-electron chi connectivity index (χ0n) is 12.4. The van der Waals surface area contributed by atoms with Gasteiger partial charge in [-0.3, -0.25) is 9.59 Å². The molecule has 1 rings (SSSR count). The number of hydrogen-bond donors (Lipinski definition) is 3. The summed E-state index contributed by atoms with van der Waals surface area (Å²) < 4.78 is 0. The van der Waals surface area contributed by atoms with E-state index in [4.69, 9.17) is 11.0 Å². The fourth-order valence-electron chi connectivity index (χ4n) is 1.41. The lowest BCUT2D eigenvalue weighted by Crippen LogP contribution is -2.45. The molecule has 0 saturated carbocycles. The van der Waals surface area contributed by atoms with Crippen molar-refractivity contribution in [3.63, 3.8) is 0 Å². The molecule has 1 aromatic heterocycles. The molecule has 1 atom stereocenters. The number of nitrogens with two attached hydrogens (primary N) is 1. The Hall–Kier alpha value is -2.34. The average Bonchev–Trinajstić information content (AvgIpc) is 2.50. The van der Waals surface area contributed by atoms with Crippen molar-refractivity contribution in [3.8, 4) is 6.07 Å². The zero-order chi connectivity index (χ0) is 16.5. The second-order valence-electron chi connectivity index (χ2n) is 4.43. The number of nitrogen functional groups attached to an aromatic ring is 1. The first-order valence-electron chi connectivity index (χ1n) is 6.70. The van der Waals surface area contributed by atoms with Gasteiger partial charge in [0.1, 0.15) is 23.5 Å². The molecule has 1 aromatic rings. The van der Waals surface area contributed by atoms with Crippen LogP contribution in [0.2, 0.25) is 0 Å². The first-order chi connectivity index (χ1) is 10.5. The molecule has 0 bridgehead atoms. The molecular formula is C13H18N6O2S. The number of carbonyl (C=O) groups excluding carboxylic acids is 2. The van der Waals surface area contributed by atoms with Crippen LogP contribution in [-0.2, 0) is 9.59 Å². The van der Waals surface area contributed by atoms with Crippen LogP contribution in [0.5, 0.6) is 0 Å². The monoisotopic (exact) mass is 322 g/mol. The summed E-state index contributed by atoms with van der Waals surface area (Å²) in [5.74, 6) is -0.404. The molecule has 0 radical (unpaired) electrons. The van der Waals surface area contributed by atoms with Crippen LogP contribution in [0, 0.1) is 11.3 Å². The standard InChI is InChI=1S/C13H18N6O2S/c1-3-4-16-12(21)8(2)18-10(20)7-22-13-17-6-9(5-14)11(15)19-13/h6,8H,3-4,7H2,1-2H3,(H,16,21)(H,18,20)(H2,15,17,19)/t8-/m1/s1. The lowest BCUT2D eigenvalue weighted by molar-refractivity contribution is -0.127. The number of anilines is 1. The maximum atomic E-state index is 11.8. The summed E-state index contributed by atoms with van der Waals surface area (Å²) in [6.07, 6.45) is 2.14. The smallest absolute Gasteiger partial charge is 0.242 e. The third kappa shape index (κ3) is 5.57. The van der Waals surface area contributed by atoms with E-state index in [1.165, 1.54) is 6.20 Å². The highest BCUT2D eigenvalue weighted by Gasteiger charge is 2.15. The van der Waals surface area contributed by atoms with Gasteiger partial charge in [-0.25, -0.2) is 9.97 Å². The Bertz CT molecular complexity index is 586. The lowest BCUT2D eigenvalue weighted by atomic mass is 10.3. The predicted octanol–water partition coefficient (Wildman–Crippen LogP) is 0.0535. The van der Waals surface area contributed by atoms with Crippen LogP contribution in [0.4, 0.5) is 5.82 Å². The number of rotatable bonds is 7. The summed E-state index contributed by atoms with van der Waals surface area (Å²) in [5, 5.41) is 14.3. The van der Waals surface area contributed by atoms with Gasteiger partial charge in [-0.15, -0.1) is 0 Å². The van der Waals surface area contributed by atoms with Crippen LogP contribution in [-0.4, -0.2) is 40.1 Å². The van der Waals surface area contributed by atoms with E-state index < -0.39 is 6.04 Å². The molecule has 22 heavy (non-hydrogen) atoms. The van der Waals surface area contributed by atoms with Gasteiger partial charge in [0.2, 0.25) is 11.8 Å². The molecule has 0 fully saturated rings. The molecule has 4 N–H and O–H groups in total. The highest BCUT2D eigenvalue weighted by Crippen LogP contribution is 2.15. The molecule has 0 aliphatic rings. The van der Waals surface area contributed by atoms with Gasteiger partial charge in [-0.1, -0.05) is 18.7 Å². The SMILES string of the molecule is CCCNC(=O)[C@@H](C)NC(=O)CSc1ncc(C#N)c(N)n1. The highest BCUT2D eigenvalue weighted by atomic mass is 32.2. The number of thioether (sulfide) groups is 1. The van der Waals surface area contributed by atoms with E-state index in [9.17, 15) is 9.59 Å².